The second-order valence-electron chi connectivity index (χ2n) is 12.8. The summed E-state index contributed by atoms with van der Waals surface area (Å²) in [6.07, 6.45) is 14.2. The van der Waals surface area contributed by atoms with E-state index in [2.05, 4.69) is 20.8 Å². The number of hydrogen-bond donors (Lipinski definition) is 5. The average Bonchev–Trinajstić information content (AvgIpc) is 3.09. The van der Waals surface area contributed by atoms with Gasteiger partial charge in [-0.05, 0) is 111 Å². The zero-order chi connectivity index (χ0) is 24.2. The molecule has 190 valence electrons. The van der Waals surface area contributed by atoms with Crippen molar-refractivity contribution in [1.82, 2.24) is 0 Å². The number of hydrogen-bond acceptors (Lipinski definition) is 5. The standard InChI is InChI=1S/C27H46O6/c1-17(7-6-15-26(30,23(28)29)27(31,32)33)20-11-12-21-19-10-9-18-8-4-5-14-24(18,2)22(19)13-16-25(20,21)3/h17-22,30-33H,4-16H2,1-3H3,(H,28,29)/t17-,18+,19+,20-,21+,22+,24+,25-,26?/m1/s1. The minimum Gasteiger partial charge on any atom is -0.479 e. The van der Waals surface area contributed by atoms with Crippen LogP contribution in [0.4, 0.5) is 0 Å². The maximum absolute atomic E-state index is 11.4. The van der Waals surface area contributed by atoms with Crippen molar-refractivity contribution in [3.63, 3.8) is 0 Å². The number of carbonyl (C=O) groups is 1. The van der Waals surface area contributed by atoms with Crippen molar-refractivity contribution in [3.05, 3.63) is 0 Å². The first kappa shape index (κ1) is 25.4. The average molecular weight is 467 g/mol. The number of aliphatic carboxylic acids is 1. The topological polar surface area (TPSA) is 118 Å². The summed E-state index contributed by atoms with van der Waals surface area (Å²) in [5.41, 5.74) is -2.11. The van der Waals surface area contributed by atoms with E-state index in [0.717, 1.165) is 23.7 Å². The number of carboxylic acids is 1. The number of fused-ring (bicyclic) bond motifs is 5. The number of rotatable bonds is 7. The highest BCUT2D eigenvalue weighted by Gasteiger charge is 2.60. The van der Waals surface area contributed by atoms with Gasteiger partial charge in [0.2, 0.25) is 5.60 Å². The van der Waals surface area contributed by atoms with Gasteiger partial charge in [0.05, 0.1) is 0 Å². The van der Waals surface area contributed by atoms with E-state index in [0.29, 0.717) is 35.5 Å². The minimum absolute atomic E-state index is 0.316. The van der Waals surface area contributed by atoms with E-state index in [-0.39, 0.29) is 0 Å². The van der Waals surface area contributed by atoms with E-state index < -0.39 is 24.0 Å². The highest BCUT2D eigenvalue weighted by atomic mass is 16.7. The van der Waals surface area contributed by atoms with E-state index in [4.69, 9.17) is 0 Å². The molecule has 0 radical (unpaired) electrons. The third-order valence-electron chi connectivity index (χ3n) is 11.5. The van der Waals surface area contributed by atoms with Gasteiger partial charge in [-0.15, -0.1) is 0 Å². The summed E-state index contributed by atoms with van der Waals surface area (Å²) in [5.74, 6) is -1.11. The Morgan fingerprint density at radius 1 is 0.909 bits per heavy atom. The highest BCUT2D eigenvalue weighted by molar-refractivity contribution is 5.78. The van der Waals surface area contributed by atoms with Gasteiger partial charge in [0.1, 0.15) is 0 Å². The van der Waals surface area contributed by atoms with Crippen molar-refractivity contribution < 1.29 is 30.3 Å². The van der Waals surface area contributed by atoms with Gasteiger partial charge in [-0.2, -0.15) is 0 Å². The van der Waals surface area contributed by atoms with Gasteiger partial charge in [0.25, 0.3) is 0 Å². The van der Waals surface area contributed by atoms with Crippen molar-refractivity contribution in [1.29, 1.82) is 0 Å². The molecule has 0 aromatic heterocycles. The molecule has 33 heavy (non-hydrogen) atoms. The first-order chi connectivity index (χ1) is 15.3. The van der Waals surface area contributed by atoms with Gasteiger partial charge >= 0.3 is 11.9 Å². The fourth-order valence-corrected chi connectivity index (χ4v) is 9.57. The lowest BCUT2D eigenvalue weighted by molar-refractivity contribution is -0.383. The van der Waals surface area contributed by atoms with Gasteiger partial charge in [-0.1, -0.05) is 40.0 Å². The Labute approximate surface area is 198 Å². The molecule has 9 atom stereocenters. The van der Waals surface area contributed by atoms with Crippen molar-refractivity contribution >= 4 is 5.97 Å². The van der Waals surface area contributed by atoms with Crippen LogP contribution in [0.3, 0.4) is 0 Å². The van der Waals surface area contributed by atoms with Crippen molar-refractivity contribution in [2.45, 2.75) is 116 Å². The largest absolute Gasteiger partial charge is 0.479 e. The molecule has 0 saturated heterocycles. The highest BCUT2D eigenvalue weighted by Crippen LogP contribution is 2.68. The van der Waals surface area contributed by atoms with Gasteiger partial charge in [0.15, 0.2) is 0 Å². The molecule has 4 fully saturated rings. The lowest BCUT2D eigenvalue weighted by Crippen LogP contribution is -2.59. The number of aliphatic hydroxyl groups is 4. The molecule has 0 bridgehead atoms. The molecular formula is C27H46O6. The van der Waals surface area contributed by atoms with E-state index in [9.17, 15) is 30.3 Å². The summed E-state index contributed by atoms with van der Waals surface area (Å²) in [4.78, 5) is 11.4. The van der Waals surface area contributed by atoms with Crippen molar-refractivity contribution in [3.8, 4) is 0 Å². The molecule has 6 nitrogen and oxygen atoms in total. The Kier molecular flexibility index (Phi) is 6.74. The fraction of sp³-hybridized carbons (Fsp3) is 0.963. The van der Waals surface area contributed by atoms with Crippen LogP contribution in [0.15, 0.2) is 0 Å². The van der Waals surface area contributed by atoms with Gasteiger partial charge < -0.3 is 25.5 Å². The zero-order valence-electron chi connectivity index (χ0n) is 20.8. The van der Waals surface area contributed by atoms with Gasteiger partial charge in [-0.25, -0.2) is 4.79 Å². The Morgan fingerprint density at radius 3 is 2.27 bits per heavy atom. The first-order valence-corrected chi connectivity index (χ1v) is 13.5. The molecular weight excluding hydrogens is 420 g/mol. The molecule has 0 amide bonds. The number of carboxylic acid groups (broad SMARTS) is 1. The third-order valence-corrected chi connectivity index (χ3v) is 11.5. The van der Waals surface area contributed by atoms with Crippen LogP contribution in [0.1, 0.15) is 104 Å². The summed E-state index contributed by atoms with van der Waals surface area (Å²) < 4.78 is 0. The first-order valence-electron chi connectivity index (χ1n) is 13.5. The van der Waals surface area contributed by atoms with Crippen LogP contribution in [0.25, 0.3) is 0 Å². The molecule has 0 aromatic rings. The Morgan fingerprint density at radius 2 is 1.61 bits per heavy atom. The predicted octanol–water partition coefficient (Wildman–Crippen LogP) is 4.29. The lowest BCUT2D eigenvalue weighted by atomic mass is 9.44. The second-order valence-corrected chi connectivity index (χ2v) is 12.8. The molecule has 0 spiro atoms. The van der Waals surface area contributed by atoms with Crippen LogP contribution in [-0.4, -0.2) is 43.1 Å². The van der Waals surface area contributed by atoms with Gasteiger partial charge in [0, 0.05) is 0 Å². The molecule has 0 aromatic carbocycles. The van der Waals surface area contributed by atoms with Crippen molar-refractivity contribution in [2.24, 2.45) is 46.3 Å². The molecule has 5 N–H and O–H groups in total. The monoisotopic (exact) mass is 466 g/mol. The van der Waals surface area contributed by atoms with E-state index in [1.54, 1.807) is 0 Å². The quantitative estimate of drug-likeness (QED) is 0.357. The maximum Gasteiger partial charge on any atom is 0.344 e. The molecule has 1 unspecified atom stereocenters. The Balaban J connectivity index is 1.41. The Bertz CT molecular complexity index is 733. The van der Waals surface area contributed by atoms with Crippen LogP contribution in [0.2, 0.25) is 0 Å². The van der Waals surface area contributed by atoms with E-state index in [1.165, 1.54) is 64.2 Å². The summed E-state index contributed by atoms with van der Waals surface area (Å²) in [6.45, 7) is 7.34. The van der Waals surface area contributed by atoms with Crippen LogP contribution in [0.5, 0.6) is 0 Å². The van der Waals surface area contributed by atoms with E-state index in [1.807, 2.05) is 0 Å². The second kappa shape index (κ2) is 8.76. The molecule has 4 saturated carbocycles. The molecule has 0 heterocycles. The summed E-state index contributed by atoms with van der Waals surface area (Å²) >= 11 is 0. The molecule has 4 rings (SSSR count). The van der Waals surface area contributed by atoms with Crippen LogP contribution >= 0.6 is 0 Å². The van der Waals surface area contributed by atoms with Gasteiger partial charge in [-0.3, -0.25) is 0 Å². The molecule has 0 aliphatic heterocycles. The normalized spacial score (nSPS) is 43.7. The SMILES string of the molecule is C[C@H](CCCC(O)(C(=O)O)C(O)(O)O)[C@H]1CC[C@H]2[C@@H]3CC[C@@H]4CCCC[C@]4(C)[C@H]3CC[C@]12C. The summed E-state index contributed by atoms with van der Waals surface area (Å²) in [6, 6.07) is 0. The van der Waals surface area contributed by atoms with Crippen LogP contribution < -0.4 is 0 Å². The van der Waals surface area contributed by atoms with Crippen molar-refractivity contribution in [2.75, 3.05) is 0 Å². The maximum atomic E-state index is 11.4. The smallest absolute Gasteiger partial charge is 0.344 e. The molecule has 4 aliphatic carbocycles. The minimum atomic E-state index is -3.65. The summed E-state index contributed by atoms with van der Waals surface area (Å²) in [5, 5.41) is 47.5. The van der Waals surface area contributed by atoms with E-state index >= 15 is 0 Å². The predicted molar refractivity (Wildman–Crippen MR) is 125 cm³/mol. The fourth-order valence-electron chi connectivity index (χ4n) is 9.57. The third kappa shape index (κ3) is 4.07. The zero-order valence-corrected chi connectivity index (χ0v) is 20.8. The molecule has 6 heteroatoms. The summed E-state index contributed by atoms with van der Waals surface area (Å²) in [7, 11) is 0. The Hall–Kier alpha value is -0.690. The lowest BCUT2D eigenvalue weighted by Gasteiger charge is -2.61. The van der Waals surface area contributed by atoms with Crippen LogP contribution in [0, 0.1) is 46.3 Å². The van der Waals surface area contributed by atoms with Crippen LogP contribution in [-0.2, 0) is 4.79 Å². The molecule has 4 aliphatic rings.